The van der Waals surface area contributed by atoms with Crippen molar-refractivity contribution >= 4 is 22.7 Å². The molecule has 26 heavy (non-hydrogen) atoms. The van der Waals surface area contributed by atoms with Gasteiger partial charge in [-0.05, 0) is 24.6 Å². The Morgan fingerprint density at radius 2 is 1.88 bits per heavy atom. The molecule has 0 aliphatic rings. The van der Waals surface area contributed by atoms with Crippen molar-refractivity contribution in [1.29, 1.82) is 0 Å². The Hall–Kier alpha value is -3.42. The molecule has 0 radical (unpaired) electrons. The maximum atomic E-state index is 12.7. The zero-order valence-corrected chi connectivity index (χ0v) is 14.3. The smallest absolute Gasteiger partial charge is 0.408 e. The average molecular weight is 355 g/mol. The van der Waals surface area contributed by atoms with E-state index in [0.717, 1.165) is 5.56 Å². The van der Waals surface area contributed by atoms with Gasteiger partial charge in [0, 0.05) is 25.7 Å². The summed E-state index contributed by atoms with van der Waals surface area (Å²) < 4.78 is 6.50. The third kappa shape index (κ3) is 3.21. The van der Waals surface area contributed by atoms with Gasteiger partial charge < -0.3 is 9.32 Å². The third-order valence-corrected chi connectivity index (χ3v) is 4.21. The van der Waals surface area contributed by atoms with E-state index in [9.17, 15) is 19.7 Å². The molecule has 1 atom stereocenters. The lowest BCUT2D eigenvalue weighted by atomic mass is 10.2. The number of nitro groups is 1. The Balaban J connectivity index is 1.80. The van der Waals surface area contributed by atoms with Gasteiger partial charge in [0.15, 0.2) is 5.58 Å². The molecule has 3 rings (SSSR count). The highest BCUT2D eigenvalue weighted by Crippen LogP contribution is 2.19. The van der Waals surface area contributed by atoms with Crippen LogP contribution in [0.4, 0.5) is 5.69 Å². The highest BCUT2D eigenvalue weighted by Gasteiger charge is 2.24. The van der Waals surface area contributed by atoms with E-state index in [4.69, 9.17) is 4.42 Å². The van der Waals surface area contributed by atoms with E-state index in [-0.39, 0.29) is 18.1 Å². The van der Waals surface area contributed by atoms with E-state index >= 15 is 0 Å². The molecular weight excluding hydrogens is 338 g/mol. The van der Waals surface area contributed by atoms with Gasteiger partial charge in [-0.1, -0.05) is 24.3 Å². The topological polar surface area (TPSA) is 98.6 Å². The van der Waals surface area contributed by atoms with E-state index < -0.39 is 16.7 Å². The van der Waals surface area contributed by atoms with Crippen LogP contribution in [0.5, 0.6) is 0 Å². The number of para-hydroxylation sites is 2. The minimum Gasteiger partial charge on any atom is -0.408 e. The van der Waals surface area contributed by atoms with Crippen molar-refractivity contribution in [2.45, 2.75) is 19.5 Å². The fourth-order valence-electron chi connectivity index (χ4n) is 2.86. The van der Waals surface area contributed by atoms with Gasteiger partial charge in [0.1, 0.15) is 6.04 Å². The predicted molar refractivity (Wildman–Crippen MR) is 94.8 cm³/mol. The highest BCUT2D eigenvalue weighted by atomic mass is 16.6. The Morgan fingerprint density at radius 3 is 2.54 bits per heavy atom. The van der Waals surface area contributed by atoms with Gasteiger partial charge in [-0.2, -0.15) is 0 Å². The van der Waals surface area contributed by atoms with Gasteiger partial charge in [-0.25, -0.2) is 4.79 Å². The second-order valence-electron chi connectivity index (χ2n) is 6.00. The van der Waals surface area contributed by atoms with Crippen LogP contribution in [0, 0.1) is 10.1 Å². The number of rotatable bonds is 5. The zero-order chi connectivity index (χ0) is 18.8. The zero-order valence-electron chi connectivity index (χ0n) is 14.3. The molecule has 0 aliphatic heterocycles. The van der Waals surface area contributed by atoms with Crippen LogP contribution < -0.4 is 5.76 Å². The van der Waals surface area contributed by atoms with Gasteiger partial charge in [-0.3, -0.25) is 19.5 Å². The number of hydrogen-bond acceptors (Lipinski definition) is 5. The molecule has 0 bridgehead atoms. The van der Waals surface area contributed by atoms with Crippen LogP contribution in [0.25, 0.3) is 11.1 Å². The molecular formula is C18H17N3O5. The molecule has 0 unspecified atom stereocenters. The predicted octanol–water partition coefficient (Wildman–Crippen LogP) is 2.72. The minimum atomic E-state index is -0.741. The first-order chi connectivity index (χ1) is 12.4. The van der Waals surface area contributed by atoms with E-state index in [2.05, 4.69) is 0 Å². The molecule has 8 heteroatoms. The third-order valence-electron chi connectivity index (χ3n) is 4.21. The number of aromatic nitrogens is 1. The summed E-state index contributed by atoms with van der Waals surface area (Å²) in [5.74, 6) is -0.854. The summed E-state index contributed by atoms with van der Waals surface area (Å²) in [7, 11) is 1.62. The lowest BCUT2D eigenvalue weighted by molar-refractivity contribution is -0.384. The second-order valence-corrected chi connectivity index (χ2v) is 6.00. The van der Waals surface area contributed by atoms with Crippen LogP contribution in [0.1, 0.15) is 18.5 Å². The average Bonchev–Trinajstić information content (AvgIpc) is 2.96. The number of benzene rings is 2. The summed E-state index contributed by atoms with van der Waals surface area (Å²) in [5.41, 5.74) is 1.73. The molecule has 2 aromatic carbocycles. The molecule has 0 saturated heterocycles. The Bertz CT molecular complexity index is 1020. The summed E-state index contributed by atoms with van der Waals surface area (Å²) in [6.45, 7) is 1.91. The lowest BCUT2D eigenvalue weighted by Crippen LogP contribution is -2.35. The van der Waals surface area contributed by atoms with Crippen LogP contribution in [-0.4, -0.2) is 27.3 Å². The Kier molecular flexibility index (Phi) is 4.57. The number of hydrogen-bond donors (Lipinski definition) is 0. The number of carbonyl (C=O) groups excluding carboxylic acids is 1. The largest absolute Gasteiger partial charge is 0.420 e. The van der Waals surface area contributed by atoms with Crippen molar-refractivity contribution < 1.29 is 14.1 Å². The number of amides is 1. The van der Waals surface area contributed by atoms with Gasteiger partial charge in [-0.15, -0.1) is 0 Å². The number of nitrogens with zero attached hydrogens (tertiary/aromatic N) is 3. The molecule has 1 amide bonds. The summed E-state index contributed by atoms with van der Waals surface area (Å²) in [5, 5.41) is 10.7. The first-order valence-corrected chi connectivity index (χ1v) is 7.97. The fourth-order valence-corrected chi connectivity index (χ4v) is 2.86. The molecule has 1 heterocycles. The summed E-state index contributed by atoms with van der Waals surface area (Å²) in [6.07, 6.45) is 0. The van der Waals surface area contributed by atoms with Crippen molar-refractivity contribution in [2.75, 3.05) is 7.05 Å². The van der Waals surface area contributed by atoms with Crippen molar-refractivity contribution in [3.05, 3.63) is 74.8 Å². The van der Waals surface area contributed by atoms with Crippen molar-refractivity contribution in [3.8, 4) is 0 Å². The first kappa shape index (κ1) is 17.4. The molecule has 8 nitrogen and oxygen atoms in total. The summed E-state index contributed by atoms with van der Waals surface area (Å²) >= 11 is 0. The molecule has 3 aromatic rings. The maximum absolute atomic E-state index is 12.7. The van der Waals surface area contributed by atoms with E-state index in [0.29, 0.717) is 11.1 Å². The van der Waals surface area contributed by atoms with Crippen LogP contribution in [0.15, 0.2) is 57.7 Å². The fraction of sp³-hybridized carbons (Fsp3) is 0.222. The molecule has 0 N–H and O–H groups in total. The number of nitro benzene ring substituents is 1. The van der Waals surface area contributed by atoms with Gasteiger partial charge in [0.2, 0.25) is 5.91 Å². The van der Waals surface area contributed by atoms with Gasteiger partial charge >= 0.3 is 5.76 Å². The molecule has 0 aliphatic carbocycles. The molecule has 134 valence electrons. The number of carbonyl (C=O) groups is 1. The standard InChI is InChI=1S/C18H17N3O5/c1-12(20-15-5-3-4-6-16(15)26-18(20)23)17(22)19(2)11-13-7-9-14(10-8-13)21(24)25/h3-10,12H,11H2,1-2H3/t12-/m0/s1. The van der Waals surface area contributed by atoms with Crippen molar-refractivity contribution in [2.24, 2.45) is 0 Å². The van der Waals surface area contributed by atoms with Gasteiger partial charge in [0.25, 0.3) is 5.69 Å². The first-order valence-electron chi connectivity index (χ1n) is 7.97. The van der Waals surface area contributed by atoms with Gasteiger partial charge in [0.05, 0.1) is 10.4 Å². The quantitative estimate of drug-likeness (QED) is 0.518. The molecule has 0 saturated carbocycles. The number of likely N-dealkylation sites (N-methyl/N-ethyl adjacent to an activating group) is 1. The summed E-state index contributed by atoms with van der Waals surface area (Å²) in [4.78, 5) is 36.6. The Morgan fingerprint density at radius 1 is 1.23 bits per heavy atom. The van der Waals surface area contributed by atoms with Crippen LogP contribution in [-0.2, 0) is 11.3 Å². The van der Waals surface area contributed by atoms with Crippen molar-refractivity contribution in [1.82, 2.24) is 9.47 Å². The van der Waals surface area contributed by atoms with Crippen LogP contribution >= 0.6 is 0 Å². The number of non-ortho nitro benzene ring substituents is 1. The summed E-state index contributed by atoms with van der Waals surface area (Å²) in [6, 6.07) is 12.2. The van der Waals surface area contributed by atoms with Crippen LogP contribution in [0.2, 0.25) is 0 Å². The minimum absolute atomic E-state index is 0.00693. The Labute approximate surface area is 148 Å². The number of oxazole rings is 1. The molecule has 0 fully saturated rings. The van der Waals surface area contributed by atoms with E-state index in [1.54, 1.807) is 50.4 Å². The lowest BCUT2D eigenvalue weighted by Gasteiger charge is -2.22. The van der Waals surface area contributed by atoms with Crippen molar-refractivity contribution in [3.63, 3.8) is 0 Å². The SMILES string of the molecule is C[C@@H](C(=O)N(C)Cc1ccc([N+](=O)[O-])cc1)n1c(=O)oc2ccccc21. The maximum Gasteiger partial charge on any atom is 0.420 e. The number of fused-ring (bicyclic) bond motifs is 1. The van der Waals surface area contributed by atoms with E-state index in [1.165, 1.54) is 21.6 Å². The molecule has 1 aromatic heterocycles. The molecule has 0 spiro atoms. The monoisotopic (exact) mass is 355 g/mol. The van der Waals surface area contributed by atoms with Crippen LogP contribution in [0.3, 0.4) is 0 Å². The highest BCUT2D eigenvalue weighted by molar-refractivity contribution is 5.82. The second kappa shape index (κ2) is 6.83. The van der Waals surface area contributed by atoms with E-state index in [1.807, 2.05) is 0 Å². The normalized spacial score (nSPS) is 12.1.